The number of nitrogens with one attached hydrogen (secondary N) is 1. The predicted molar refractivity (Wildman–Crippen MR) is 149 cm³/mol. The van der Waals surface area contributed by atoms with Crippen LogP contribution >= 0.6 is 0 Å². The summed E-state index contributed by atoms with van der Waals surface area (Å²) in [5, 5.41) is 9.59. The number of aryl methyl sites for hydroxylation is 2. The van der Waals surface area contributed by atoms with Crippen LogP contribution in [0.5, 0.6) is 5.75 Å². The molecule has 39 heavy (non-hydrogen) atoms. The Morgan fingerprint density at radius 1 is 1.13 bits per heavy atom. The Morgan fingerprint density at radius 3 is 2.56 bits per heavy atom. The van der Waals surface area contributed by atoms with Crippen molar-refractivity contribution in [3.63, 3.8) is 0 Å². The van der Waals surface area contributed by atoms with E-state index in [1.165, 1.54) is 0 Å². The summed E-state index contributed by atoms with van der Waals surface area (Å²) in [5.74, 6) is 0.960. The van der Waals surface area contributed by atoms with Crippen LogP contribution in [-0.4, -0.2) is 79.0 Å². The van der Waals surface area contributed by atoms with Crippen LogP contribution < -0.4 is 10.3 Å². The normalized spacial score (nSPS) is 15.5. The van der Waals surface area contributed by atoms with Crippen molar-refractivity contribution in [2.24, 2.45) is 0 Å². The molecule has 0 saturated carbocycles. The fourth-order valence-electron chi connectivity index (χ4n) is 4.75. The van der Waals surface area contributed by atoms with Gasteiger partial charge in [-0.15, -0.1) is 10.1 Å². The van der Waals surface area contributed by atoms with Crippen LogP contribution in [0.3, 0.4) is 0 Å². The van der Waals surface area contributed by atoms with Gasteiger partial charge in [-0.3, -0.25) is 9.69 Å². The van der Waals surface area contributed by atoms with E-state index in [-0.39, 0.29) is 12.2 Å². The molecule has 0 amide bonds. The average molecular weight is 561 g/mol. The second kappa shape index (κ2) is 13.2. The number of aromatic amines is 1. The van der Waals surface area contributed by atoms with Crippen molar-refractivity contribution in [3.05, 3.63) is 50.4 Å². The summed E-state index contributed by atoms with van der Waals surface area (Å²) in [6.45, 7) is 10.1. The lowest BCUT2D eigenvalue weighted by Gasteiger charge is -2.33. The van der Waals surface area contributed by atoms with Gasteiger partial charge in [0, 0.05) is 45.5 Å². The zero-order valence-electron chi connectivity index (χ0n) is 22.7. The molecule has 1 atom stereocenters. The van der Waals surface area contributed by atoms with E-state index in [4.69, 9.17) is 9.72 Å². The van der Waals surface area contributed by atoms with Crippen LogP contribution in [0.2, 0.25) is 0 Å². The van der Waals surface area contributed by atoms with Gasteiger partial charge in [0.2, 0.25) is 0 Å². The Kier molecular flexibility index (Phi) is 9.70. The molecule has 12 nitrogen and oxygen atoms in total. The van der Waals surface area contributed by atoms with Gasteiger partial charge in [0.15, 0.2) is 0 Å². The van der Waals surface area contributed by atoms with Gasteiger partial charge in [-0.25, -0.2) is 13.5 Å². The highest BCUT2D eigenvalue weighted by Crippen LogP contribution is 2.32. The van der Waals surface area contributed by atoms with Gasteiger partial charge < -0.3 is 19.1 Å². The Balaban J connectivity index is 1.63. The number of hydrogen-bond acceptors (Lipinski definition) is 8. The van der Waals surface area contributed by atoms with E-state index >= 15 is 0 Å². The van der Waals surface area contributed by atoms with Gasteiger partial charge in [-0.05, 0) is 43.5 Å². The fourth-order valence-corrected chi connectivity index (χ4v) is 5.95. The van der Waals surface area contributed by atoms with Gasteiger partial charge in [0.25, 0.3) is 10.6 Å². The molecular formula is C26H36N6O6S. The van der Waals surface area contributed by atoms with Gasteiger partial charge in [-0.1, -0.05) is 20.3 Å². The smallest absolute Gasteiger partial charge is 0.294 e. The summed E-state index contributed by atoms with van der Waals surface area (Å²) in [6.07, 6.45) is 4.56. The minimum atomic E-state index is -1.45. The predicted octanol–water partition coefficient (Wildman–Crippen LogP) is 3.00. The third kappa shape index (κ3) is 6.65. The summed E-state index contributed by atoms with van der Waals surface area (Å²) >= 11 is 0. The molecule has 1 saturated heterocycles. The van der Waals surface area contributed by atoms with E-state index in [1.54, 1.807) is 18.2 Å². The number of rotatable bonds is 13. The van der Waals surface area contributed by atoms with Crippen LogP contribution in [0.4, 0.5) is 0 Å². The number of H-pyrrole nitrogens is 1. The van der Waals surface area contributed by atoms with Gasteiger partial charge in [-0.2, -0.15) is 0 Å². The van der Waals surface area contributed by atoms with Crippen LogP contribution in [0.25, 0.3) is 22.4 Å². The van der Waals surface area contributed by atoms with Crippen LogP contribution in [0.1, 0.15) is 39.2 Å². The quantitative estimate of drug-likeness (QED) is 0.249. The molecule has 3 aromatic rings. The lowest BCUT2D eigenvalue weighted by molar-refractivity contribution is -0.757. The van der Waals surface area contributed by atoms with E-state index in [9.17, 15) is 19.1 Å². The van der Waals surface area contributed by atoms with Crippen molar-refractivity contribution < 1.29 is 18.9 Å². The maximum atomic E-state index is 13.5. The SMILES string of the molecule is CCCOc1ccc(S(=O)N2CCN(CCO[N+](=O)[O-])CC2)cc1-c1nc2c(CCC)cn(CC)c2c(=O)[nH]1. The maximum Gasteiger partial charge on any atom is 0.294 e. The number of nitrogens with zero attached hydrogens (tertiary/aromatic N) is 5. The molecule has 1 fully saturated rings. The Bertz CT molecular complexity index is 1380. The summed E-state index contributed by atoms with van der Waals surface area (Å²) in [6, 6.07) is 5.37. The molecule has 13 heteroatoms. The number of ether oxygens (including phenoxy) is 1. The summed E-state index contributed by atoms with van der Waals surface area (Å²) in [5.41, 5.74) is 2.64. The van der Waals surface area contributed by atoms with Crippen LogP contribution in [0.15, 0.2) is 34.1 Å². The highest BCUT2D eigenvalue weighted by atomic mass is 32.2. The largest absolute Gasteiger partial charge is 0.493 e. The standard InChI is InChI=1S/C26H36N6O6S/c1-4-7-19-18-30(6-3)24-23(19)27-25(28-26(24)33)21-17-20(8-9-22(21)37-15-5-2)39(36)31-12-10-29(11-13-31)14-16-38-32(34)35/h8-9,17-18H,4-7,10-16H2,1-3H3,(H,27,28,33). The number of piperazine rings is 1. The monoisotopic (exact) mass is 560 g/mol. The first kappa shape index (κ1) is 28.7. The first-order chi connectivity index (χ1) is 18.9. The molecule has 0 bridgehead atoms. The van der Waals surface area contributed by atoms with Crippen molar-refractivity contribution in [1.29, 1.82) is 0 Å². The number of fused-ring (bicyclic) bond motifs is 1. The zero-order chi connectivity index (χ0) is 27.9. The van der Waals surface area contributed by atoms with Gasteiger partial charge in [0.05, 0.1) is 22.6 Å². The molecule has 0 radical (unpaired) electrons. The van der Waals surface area contributed by atoms with Crippen molar-refractivity contribution in [2.45, 2.75) is 51.5 Å². The van der Waals surface area contributed by atoms with Crippen molar-refractivity contribution >= 4 is 22.0 Å². The third-order valence-corrected chi connectivity index (χ3v) is 8.19. The van der Waals surface area contributed by atoms with E-state index in [0.29, 0.717) is 78.9 Å². The molecule has 0 spiro atoms. The summed E-state index contributed by atoms with van der Waals surface area (Å²) in [7, 11) is -1.45. The minimum Gasteiger partial charge on any atom is -0.493 e. The second-order valence-electron chi connectivity index (χ2n) is 9.39. The highest BCUT2D eigenvalue weighted by Gasteiger charge is 2.24. The number of aromatic nitrogens is 3. The van der Waals surface area contributed by atoms with E-state index in [0.717, 1.165) is 24.8 Å². The molecular weight excluding hydrogens is 524 g/mol. The van der Waals surface area contributed by atoms with Crippen molar-refractivity contribution in [1.82, 2.24) is 23.7 Å². The first-order valence-corrected chi connectivity index (χ1v) is 14.5. The number of hydrogen-bond donors (Lipinski definition) is 1. The molecule has 1 aliphatic rings. The van der Waals surface area contributed by atoms with Gasteiger partial charge >= 0.3 is 0 Å². The first-order valence-electron chi connectivity index (χ1n) is 13.4. The second-order valence-corrected chi connectivity index (χ2v) is 10.9. The molecule has 1 aliphatic heterocycles. The molecule has 3 heterocycles. The van der Waals surface area contributed by atoms with E-state index in [1.807, 2.05) is 33.8 Å². The molecule has 0 aliphatic carbocycles. The molecule has 1 unspecified atom stereocenters. The molecule has 4 rings (SSSR count). The van der Waals surface area contributed by atoms with Crippen LogP contribution in [0, 0.1) is 10.1 Å². The Labute approximate surface area is 229 Å². The topological polar surface area (TPSA) is 136 Å². The fraction of sp³-hybridized carbons (Fsp3) is 0.538. The minimum absolute atomic E-state index is 0.00975. The summed E-state index contributed by atoms with van der Waals surface area (Å²) in [4.78, 5) is 38.5. The van der Waals surface area contributed by atoms with Gasteiger partial charge in [0.1, 0.15) is 34.7 Å². The van der Waals surface area contributed by atoms with Crippen LogP contribution in [-0.2, 0) is 28.8 Å². The molecule has 1 N–H and O–H groups in total. The average Bonchev–Trinajstić information content (AvgIpc) is 3.30. The lowest BCUT2D eigenvalue weighted by Crippen LogP contribution is -2.47. The Morgan fingerprint density at radius 2 is 1.90 bits per heavy atom. The zero-order valence-corrected chi connectivity index (χ0v) is 23.5. The van der Waals surface area contributed by atoms with Crippen molar-refractivity contribution in [3.8, 4) is 17.1 Å². The summed E-state index contributed by atoms with van der Waals surface area (Å²) < 4.78 is 23.3. The van der Waals surface area contributed by atoms with Crippen molar-refractivity contribution in [2.75, 3.05) is 45.9 Å². The molecule has 1 aromatic carbocycles. The maximum absolute atomic E-state index is 13.5. The third-order valence-electron chi connectivity index (χ3n) is 6.70. The lowest BCUT2D eigenvalue weighted by atomic mass is 10.1. The molecule has 212 valence electrons. The highest BCUT2D eigenvalue weighted by molar-refractivity contribution is 7.82. The van der Waals surface area contributed by atoms with E-state index in [2.05, 4.69) is 16.7 Å². The number of benzene rings is 1. The molecule has 2 aromatic heterocycles. The van der Waals surface area contributed by atoms with E-state index < -0.39 is 16.1 Å². The Hall–Kier alpha value is -3.29.